The van der Waals surface area contributed by atoms with E-state index < -0.39 is 0 Å². The fourth-order valence-electron chi connectivity index (χ4n) is 3.12. The number of hydrogen-bond donors (Lipinski definition) is 1. The van der Waals surface area contributed by atoms with Crippen LogP contribution in [0.1, 0.15) is 49.8 Å². The van der Waals surface area contributed by atoms with Gasteiger partial charge in [-0.15, -0.1) is 0 Å². The van der Waals surface area contributed by atoms with Gasteiger partial charge in [-0.05, 0) is 56.2 Å². The quantitative estimate of drug-likeness (QED) is 0.910. The van der Waals surface area contributed by atoms with Crippen molar-refractivity contribution in [3.8, 4) is 5.75 Å². The summed E-state index contributed by atoms with van der Waals surface area (Å²) in [6.07, 6.45) is 5.36. The summed E-state index contributed by atoms with van der Waals surface area (Å²) in [7, 11) is 0. The maximum atomic E-state index is 10.0. The minimum Gasteiger partial charge on any atom is -0.491 e. The van der Waals surface area contributed by atoms with Gasteiger partial charge in [-0.25, -0.2) is 0 Å². The Morgan fingerprint density at radius 3 is 3.00 bits per heavy atom. The minimum atomic E-state index is -0.324. The molecule has 1 saturated heterocycles. The van der Waals surface area contributed by atoms with Crippen LogP contribution < -0.4 is 4.74 Å². The van der Waals surface area contributed by atoms with Crippen LogP contribution in [0.3, 0.4) is 0 Å². The Morgan fingerprint density at radius 1 is 1.32 bits per heavy atom. The van der Waals surface area contributed by atoms with Gasteiger partial charge in [-0.3, -0.25) is 0 Å². The van der Waals surface area contributed by atoms with Crippen molar-refractivity contribution in [2.45, 2.75) is 57.3 Å². The molecule has 0 spiro atoms. The van der Waals surface area contributed by atoms with E-state index in [2.05, 4.69) is 6.92 Å². The van der Waals surface area contributed by atoms with E-state index in [1.165, 1.54) is 5.56 Å². The summed E-state index contributed by atoms with van der Waals surface area (Å²) in [4.78, 5) is 0. The lowest BCUT2D eigenvalue weighted by atomic mass is 9.89. The Kier molecular flexibility index (Phi) is 3.76. The molecule has 1 N–H and O–H groups in total. The summed E-state index contributed by atoms with van der Waals surface area (Å²) < 4.78 is 11.7. The van der Waals surface area contributed by atoms with Crippen LogP contribution in [0.2, 0.25) is 0 Å². The van der Waals surface area contributed by atoms with E-state index >= 15 is 0 Å². The van der Waals surface area contributed by atoms with Gasteiger partial charge in [0.25, 0.3) is 0 Å². The Balaban J connectivity index is 1.69. The second-order valence-electron chi connectivity index (χ2n) is 5.69. The van der Waals surface area contributed by atoms with E-state index in [1.807, 2.05) is 18.2 Å². The van der Waals surface area contributed by atoms with Gasteiger partial charge >= 0.3 is 0 Å². The molecule has 3 unspecified atom stereocenters. The van der Waals surface area contributed by atoms with E-state index in [1.54, 1.807) is 0 Å². The first-order valence-corrected chi connectivity index (χ1v) is 7.32. The molecular formula is C16H22O3. The zero-order valence-electron chi connectivity index (χ0n) is 11.5. The third-order valence-electron chi connectivity index (χ3n) is 4.18. The molecule has 2 aliphatic rings. The summed E-state index contributed by atoms with van der Waals surface area (Å²) in [5.41, 5.74) is 2.23. The molecule has 1 aromatic carbocycles. The molecule has 19 heavy (non-hydrogen) atoms. The van der Waals surface area contributed by atoms with Crippen LogP contribution in [0.25, 0.3) is 0 Å². The second kappa shape index (κ2) is 5.51. The first-order valence-electron chi connectivity index (χ1n) is 7.32. The van der Waals surface area contributed by atoms with Crippen LogP contribution in [0.4, 0.5) is 0 Å². The molecule has 3 atom stereocenters. The van der Waals surface area contributed by atoms with Crippen LogP contribution in [0, 0.1) is 0 Å². The topological polar surface area (TPSA) is 38.7 Å². The summed E-state index contributed by atoms with van der Waals surface area (Å²) in [5.74, 6) is 0.930. The van der Waals surface area contributed by atoms with Crippen molar-refractivity contribution in [1.82, 2.24) is 0 Å². The number of aliphatic hydroxyl groups excluding tert-OH is 1. The third kappa shape index (κ3) is 2.77. The van der Waals surface area contributed by atoms with E-state index in [4.69, 9.17) is 9.47 Å². The van der Waals surface area contributed by atoms with Crippen molar-refractivity contribution >= 4 is 0 Å². The Morgan fingerprint density at radius 2 is 2.21 bits per heavy atom. The fourth-order valence-corrected chi connectivity index (χ4v) is 3.12. The molecule has 3 rings (SSSR count). The number of fused-ring (bicyclic) bond motifs is 1. The Hall–Kier alpha value is -1.06. The average molecular weight is 262 g/mol. The lowest BCUT2D eigenvalue weighted by molar-refractivity contribution is 0.0261. The third-order valence-corrected chi connectivity index (χ3v) is 4.18. The van der Waals surface area contributed by atoms with Crippen LogP contribution in [0.5, 0.6) is 5.75 Å². The van der Waals surface area contributed by atoms with Gasteiger partial charge in [0.2, 0.25) is 0 Å². The molecule has 1 fully saturated rings. The van der Waals surface area contributed by atoms with Gasteiger partial charge in [0, 0.05) is 0 Å². The largest absolute Gasteiger partial charge is 0.491 e. The Bertz CT molecular complexity index is 444. The SMILES string of the molecule is CC1CCC(COc2cccc3c2CCCC3O)O1. The van der Waals surface area contributed by atoms with E-state index in [9.17, 15) is 5.11 Å². The lowest BCUT2D eigenvalue weighted by Gasteiger charge is -2.24. The zero-order chi connectivity index (χ0) is 13.2. The number of rotatable bonds is 3. The molecule has 0 radical (unpaired) electrons. The van der Waals surface area contributed by atoms with Crippen molar-refractivity contribution in [2.75, 3.05) is 6.61 Å². The monoisotopic (exact) mass is 262 g/mol. The molecule has 0 saturated carbocycles. The maximum Gasteiger partial charge on any atom is 0.122 e. The van der Waals surface area contributed by atoms with Gasteiger partial charge in [-0.2, -0.15) is 0 Å². The molecule has 104 valence electrons. The van der Waals surface area contributed by atoms with Crippen LogP contribution in [0.15, 0.2) is 18.2 Å². The predicted octanol–water partition coefficient (Wildman–Crippen LogP) is 3.00. The highest BCUT2D eigenvalue weighted by atomic mass is 16.5. The molecule has 3 heteroatoms. The smallest absolute Gasteiger partial charge is 0.122 e. The molecule has 1 aliphatic carbocycles. The van der Waals surface area contributed by atoms with E-state index in [-0.39, 0.29) is 12.2 Å². The van der Waals surface area contributed by atoms with Gasteiger partial charge in [0.1, 0.15) is 12.4 Å². The molecular weight excluding hydrogens is 240 g/mol. The Labute approximate surface area is 114 Å². The van der Waals surface area contributed by atoms with Gasteiger partial charge in [0.05, 0.1) is 18.3 Å². The average Bonchev–Trinajstić information content (AvgIpc) is 2.83. The van der Waals surface area contributed by atoms with E-state index in [0.29, 0.717) is 12.7 Å². The number of ether oxygens (including phenoxy) is 2. The van der Waals surface area contributed by atoms with Crippen LogP contribution in [-0.2, 0) is 11.2 Å². The molecule has 0 amide bonds. The number of hydrogen-bond acceptors (Lipinski definition) is 3. The second-order valence-corrected chi connectivity index (χ2v) is 5.69. The van der Waals surface area contributed by atoms with Crippen LogP contribution >= 0.6 is 0 Å². The van der Waals surface area contributed by atoms with Crippen molar-refractivity contribution in [3.63, 3.8) is 0 Å². The van der Waals surface area contributed by atoms with Crippen LogP contribution in [-0.4, -0.2) is 23.9 Å². The summed E-state index contributed by atoms with van der Waals surface area (Å²) in [5, 5.41) is 10.0. The maximum absolute atomic E-state index is 10.0. The zero-order valence-corrected chi connectivity index (χ0v) is 11.5. The minimum absolute atomic E-state index is 0.222. The first-order chi connectivity index (χ1) is 9.24. The first kappa shape index (κ1) is 12.9. The molecule has 1 aromatic rings. The van der Waals surface area contributed by atoms with Crippen molar-refractivity contribution in [3.05, 3.63) is 29.3 Å². The highest BCUT2D eigenvalue weighted by Crippen LogP contribution is 2.35. The summed E-state index contributed by atoms with van der Waals surface area (Å²) >= 11 is 0. The summed E-state index contributed by atoms with van der Waals surface area (Å²) in [6.45, 7) is 2.73. The predicted molar refractivity (Wildman–Crippen MR) is 73.4 cm³/mol. The van der Waals surface area contributed by atoms with Crippen molar-refractivity contribution < 1.29 is 14.6 Å². The van der Waals surface area contributed by atoms with Gasteiger partial charge in [0.15, 0.2) is 0 Å². The number of benzene rings is 1. The molecule has 3 nitrogen and oxygen atoms in total. The molecule has 1 aliphatic heterocycles. The van der Waals surface area contributed by atoms with Crippen molar-refractivity contribution in [1.29, 1.82) is 0 Å². The summed E-state index contributed by atoms with van der Waals surface area (Å²) in [6, 6.07) is 6.00. The fraction of sp³-hybridized carbons (Fsp3) is 0.625. The van der Waals surface area contributed by atoms with Gasteiger partial charge in [-0.1, -0.05) is 12.1 Å². The molecule has 0 aromatic heterocycles. The molecule has 1 heterocycles. The van der Waals surface area contributed by atoms with Crippen molar-refractivity contribution in [2.24, 2.45) is 0 Å². The van der Waals surface area contributed by atoms with Gasteiger partial charge < -0.3 is 14.6 Å². The standard InChI is InChI=1S/C16H22O3/c1-11-8-9-12(19-11)10-18-16-7-3-4-13-14(16)5-2-6-15(13)17/h3-4,7,11-12,15,17H,2,5-6,8-10H2,1H3. The van der Waals surface area contributed by atoms with E-state index in [0.717, 1.165) is 43.4 Å². The highest BCUT2D eigenvalue weighted by molar-refractivity contribution is 5.42. The lowest BCUT2D eigenvalue weighted by Crippen LogP contribution is -2.19. The highest BCUT2D eigenvalue weighted by Gasteiger charge is 2.24. The molecule has 0 bridgehead atoms. The normalized spacial score (nSPS) is 30.1. The number of aliphatic hydroxyl groups is 1.